The lowest BCUT2D eigenvalue weighted by Gasteiger charge is -2.15. The summed E-state index contributed by atoms with van der Waals surface area (Å²) in [5.41, 5.74) is 0.531. The van der Waals surface area contributed by atoms with Crippen molar-refractivity contribution in [3.8, 4) is 0 Å². The van der Waals surface area contributed by atoms with Crippen LogP contribution in [-0.2, 0) is 4.79 Å². The van der Waals surface area contributed by atoms with Crippen LogP contribution in [0.1, 0.15) is 30.1 Å². The van der Waals surface area contributed by atoms with E-state index in [1.165, 1.54) is 4.90 Å². The van der Waals surface area contributed by atoms with Gasteiger partial charge in [0.15, 0.2) is 0 Å². The minimum absolute atomic E-state index is 0.0679. The van der Waals surface area contributed by atoms with E-state index in [2.05, 4.69) is 31.9 Å². The number of benzene rings is 1. The van der Waals surface area contributed by atoms with Crippen LogP contribution in [0.5, 0.6) is 0 Å². The number of imide groups is 1. The molecule has 1 heterocycles. The Hall–Kier alpha value is -0.680. The van der Waals surface area contributed by atoms with E-state index >= 15 is 0 Å². The summed E-state index contributed by atoms with van der Waals surface area (Å²) in [4.78, 5) is 25.5. The number of halogens is 2. The van der Waals surface area contributed by atoms with Gasteiger partial charge in [0.25, 0.3) is 5.91 Å². The van der Waals surface area contributed by atoms with Gasteiger partial charge in [0.05, 0.1) is 5.56 Å². The van der Waals surface area contributed by atoms with Crippen LogP contribution in [0.2, 0.25) is 0 Å². The molecule has 0 N–H and O–H groups in total. The van der Waals surface area contributed by atoms with Crippen LogP contribution < -0.4 is 0 Å². The summed E-state index contributed by atoms with van der Waals surface area (Å²) in [5.74, 6) is 0.0210. The van der Waals surface area contributed by atoms with E-state index in [9.17, 15) is 9.59 Å². The number of hydrogen-bond donors (Lipinski definition) is 0. The molecule has 1 aromatic carbocycles. The molecule has 2 rings (SSSR count). The lowest BCUT2D eigenvalue weighted by molar-refractivity contribution is -0.125. The van der Waals surface area contributed by atoms with Crippen LogP contribution in [0.15, 0.2) is 27.1 Å². The molecular weight excluding hydrogens is 362 g/mol. The molecule has 5 heteroatoms. The minimum atomic E-state index is -0.213. The molecule has 0 aromatic heterocycles. The maximum Gasteiger partial charge on any atom is 0.261 e. The Morgan fingerprint density at radius 3 is 2.72 bits per heavy atom. The maximum absolute atomic E-state index is 12.3. The highest BCUT2D eigenvalue weighted by Gasteiger charge is 2.33. The van der Waals surface area contributed by atoms with E-state index < -0.39 is 0 Å². The molecule has 3 nitrogen and oxygen atoms in total. The highest BCUT2D eigenvalue weighted by atomic mass is 79.9. The lowest BCUT2D eigenvalue weighted by Crippen LogP contribution is -2.32. The summed E-state index contributed by atoms with van der Waals surface area (Å²) in [6.07, 6.45) is 1.41. The molecule has 0 bridgehead atoms. The number of carbonyl (C=O) groups is 2. The molecule has 0 saturated carbocycles. The Morgan fingerprint density at radius 2 is 2.17 bits per heavy atom. The first-order valence-electron chi connectivity index (χ1n) is 5.82. The molecule has 0 radical (unpaired) electrons. The molecular formula is C13H13Br2NO2. The van der Waals surface area contributed by atoms with Crippen LogP contribution >= 0.6 is 31.9 Å². The van der Waals surface area contributed by atoms with Crippen LogP contribution in [0, 0.1) is 5.92 Å². The fraction of sp³-hybridized carbons (Fsp3) is 0.385. The summed E-state index contributed by atoms with van der Waals surface area (Å²) in [6.45, 7) is 2.58. The smallest absolute Gasteiger partial charge is 0.261 e. The van der Waals surface area contributed by atoms with Crippen molar-refractivity contribution >= 4 is 43.7 Å². The van der Waals surface area contributed by atoms with E-state index in [4.69, 9.17) is 0 Å². The molecule has 1 aliphatic heterocycles. The molecule has 1 saturated heterocycles. The molecule has 1 aliphatic rings. The van der Waals surface area contributed by atoms with E-state index in [0.717, 1.165) is 10.9 Å². The molecule has 96 valence electrons. The number of hydrogen-bond acceptors (Lipinski definition) is 2. The Kier molecular flexibility index (Phi) is 4.22. The number of nitrogens with zero attached hydrogens (tertiary/aromatic N) is 1. The van der Waals surface area contributed by atoms with Gasteiger partial charge in [0.2, 0.25) is 5.91 Å². The van der Waals surface area contributed by atoms with Crippen molar-refractivity contribution in [3.63, 3.8) is 0 Å². The molecule has 1 unspecified atom stereocenters. The first kappa shape index (κ1) is 13.7. The summed E-state index contributed by atoms with van der Waals surface area (Å²) in [6, 6.07) is 5.34. The predicted molar refractivity (Wildman–Crippen MR) is 76.3 cm³/mol. The highest BCUT2D eigenvalue weighted by Crippen LogP contribution is 2.27. The summed E-state index contributed by atoms with van der Waals surface area (Å²) in [7, 11) is 0. The third-order valence-corrected chi connectivity index (χ3v) is 4.34. The van der Waals surface area contributed by atoms with Crippen LogP contribution in [0.25, 0.3) is 0 Å². The summed E-state index contributed by atoms with van der Waals surface area (Å²) in [5, 5.41) is 0. The Labute approximate surface area is 123 Å². The topological polar surface area (TPSA) is 37.4 Å². The summed E-state index contributed by atoms with van der Waals surface area (Å²) >= 11 is 6.70. The second-order valence-electron chi connectivity index (χ2n) is 4.41. The van der Waals surface area contributed by atoms with Gasteiger partial charge >= 0.3 is 0 Å². The van der Waals surface area contributed by atoms with Crippen LogP contribution in [0.4, 0.5) is 0 Å². The highest BCUT2D eigenvalue weighted by molar-refractivity contribution is 9.11. The van der Waals surface area contributed by atoms with Gasteiger partial charge in [0.1, 0.15) is 0 Å². The van der Waals surface area contributed by atoms with Gasteiger partial charge in [-0.2, -0.15) is 0 Å². The number of carbonyl (C=O) groups excluding carboxylic acids is 2. The van der Waals surface area contributed by atoms with Crippen molar-refractivity contribution in [1.29, 1.82) is 0 Å². The van der Waals surface area contributed by atoms with Crippen molar-refractivity contribution < 1.29 is 9.59 Å². The molecule has 18 heavy (non-hydrogen) atoms. The molecule has 0 aliphatic carbocycles. The third kappa shape index (κ3) is 2.67. The van der Waals surface area contributed by atoms with Gasteiger partial charge in [-0.15, -0.1) is 0 Å². The molecule has 0 spiro atoms. The van der Waals surface area contributed by atoms with Gasteiger partial charge in [-0.1, -0.05) is 29.3 Å². The quantitative estimate of drug-likeness (QED) is 0.741. The Morgan fingerprint density at radius 1 is 1.44 bits per heavy atom. The third-order valence-electron chi connectivity index (χ3n) is 3.19. The average molecular weight is 375 g/mol. The van der Waals surface area contributed by atoms with E-state index in [-0.39, 0.29) is 11.8 Å². The van der Waals surface area contributed by atoms with Crippen molar-refractivity contribution in [2.45, 2.75) is 19.8 Å². The zero-order chi connectivity index (χ0) is 13.3. The number of amides is 2. The standard InChI is InChI=1S/C13H13Br2NO2/c1-2-8-5-12(17)16(7-8)13(18)10-4-3-9(14)6-11(10)15/h3-4,6,8H,2,5,7H2,1H3. The van der Waals surface area contributed by atoms with Gasteiger partial charge < -0.3 is 0 Å². The zero-order valence-electron chi connectivity index (χ0n) is 9.95. The van der Waals surface area contributed by atoms with E-state index in [1.54, 1.807) is 12.1 Å². The first-order valence-corrected chi connectivity index (χ1v) is 7.41. The van der Waals surface area contributed by atoms with Crippen LogP contribution in [0.3, 0.4) is 0 Å². The van der Waals surface area contributed by atoms with E-state index in [1.807, 2.05) is 13.0 Å². The molecule has 1 atom stereocenters. The number of likely N-dealkylation sites (tertiary alicyclic amines) is 1. The van der Waals surface area contributed by atoms with Gasteiger partial charge in [-0.05, 0) is 40.0 Å². The van der Waals surface area contributed by atoms with Gasteiger partial charge in [0, 0.05) is 21.9 Å². The van der Waals surface area contributed by atoms with Crippen molar-refractivity contribution in [2.24, 2.45) is 5.92 Å². The predicted octanol–water partition coefficient (Wildman–Crippen LogP) is 3.61. The van der Waals surface area contributed by atoms with Crippen molar-refractivity contribution in [1.82, 2.24) is 4.90 Å². The lowest BCUT2D eigenvalue weighted by atomic mass is 10.1. The molecule has 1 fully saturated rings. The average Bonchev–Trinajstić information content (AvgIpc) is 2.70. The minimum Gasteiger partial charge on any atom is -0.278 e. The van der Waals surface area contributed by atoms with Crippen molar-refractivity contribution in [3.05, 3.63) is 32.7 Å². The van der Waals surface area contributed by atoms with Crippen LogP contribution in [-0.4, -0.2) is 23.3 Å². The fourth-order valence-corrected chi connectivity index (χ4v) is 3.28. The Balaban J connectivity index is 2.24. The Bertz CT molecular complexity index is 502. The maximum atomic E-state index is 12.3. The van der Waals surface area contributed by atoms with E-state index in [0.29, 0.717) is 28.9 Å². The first-order chi connectivity index (χ1) is 8.52. The normalized spacial score (nSPS) is 19.4. The van der Waals surface area contributed by atoms with Gasteiger partial charge in [-0.3, -0.25) is 14.5 Å². The fourth-order valence-electron chi connectivity index (χ4n) is 2.06. The second-order valence-corrected chi connectivity index (χ2v) is 6.18. The molecule has 1 aromatic rings. The van der Waals surface area contributed by atoms with Crippen molar-refractivity contribution in [2.75, 3.05) is 6.54 Å². The molecule has 2 amide bonds. The number of rotatable bonds is 2. The summed E-state index contributed by atoms with van der Waals surface area (Å²) < 4.78 is 1.60. The monoisotopic (exact) mass is 373 g/mol. The second kappa shape index (κ2) is 5.53. The largest absolute Gasteiger partial charge is 0.278 e. The zero-order valence-corrected chi connectivity index (χ0v) is 13.1. The SMILES string of the molecule is CCC1CC(=O)N(C(=O)c2ccc(Br)cc2Br)C1. The van der Waals surface area contributed by atoms with Gasteiger partial charge in [-0.25, -0.2) is 0 Å².